The summed E-state index contributed by atoms with van der Waals surface area (Å²) in [6.07, 6.45) is 0. The van der Waals surface area contributed by atoms with Crippen LogP contribution < -0.4 is 20.7 Å². The molecule has 2 aromatic carbocycles. The molecule has 0 aliphatic heterocycles. The van der Waals surface area contributed by atoms with Crippen LogP contribution >= 0.6 is 12.2 Å². The van der Waals surface area contributed by atoms with E-state index in [4.69, 9.17) is 17.0 Å². The maximum atomic E-state index is 12.5. The number of para-hydroxylation sites is 2. The average Bonchev–Trinajstić information content (AvgIpc) is 2.62. The summed E-state index contributed by atoms with van der Waals surface area (Å²) in [5.74, 6) is -0.124. The minimum Gasteiger partial charge on any atom is -0.493 e. The lowest BCUT2D eigenvalue weighted by molar-refractivity contribution is 0.0942. The van der Waals surface area contributed by atoms with Crippen molar-refractivity contribution in [2.75, 3.05) is 11.9 Å². The third-order valence-electron chi connectivity index (χ3n) is 3.50. The molecule has 0 spiro atoms. The number of ether oxygens (including phenoxy) is 1. The Kier molecular flexibility index (Phi) is 7.31. The summed E-state index contributed by atoms with van der Waals surface area (Å²) < 4.78 is 5.47. The summed E-state index contributed by atoms with van der Waals surface area (Å²) in [6, 6.07) is 13.9. The Morgan fingerprint density at radius 3 is 2.30 bits per heavy atom. The number of hydrogen-bond acceptors (Lipinski definition) is 4. The molecule has 0 atom stereocenters. The number of benzene rings is 2. The van der Waals surface area contributed by atoms with Crippen molar-refractivity contribution in [3.8, 4) is 5.75 Å². The van der Waals surface area contributed by atoms with Gasteiger partial charge in [-0.1, -0.05) is 24.3 Å². The van der Waals surface area contributed by atoms with Gasteiger partial charge in [0, 0.05) is 6.04 Å². The lowest BCUT2D eigenvalue weighted by atomic mass is 10.1. The highest BCUT2D eigenvalue weighted by molar-refractivity contribution is 7.80. The average molecular weight is 385 g/mol. The van der Waals surface area contributed by atoms with E-state index in [2.05, 4.69) is 16.0 Å². The zero-order valence-corrected chi connectivity index (χ0v) is 16.4. The van der Waals surface area contributed by atoms with Crippen molar-refractivity contribution in [3.63, 3.8) is 0 Å². The van der Waals surface area contributed by atoms with Crippen molar-refractivity contribution in [1.82, 2.24) is 10.6 Å². The fourth-order valence-corrected chi connectivity index (χ4v) is 2.59. The Morgan fingerprint density at radius 2 is 1.63 bits per heavy atom. The van der Waals surface area contributed by atoms with E-state index in [-0.39, 0.29) is 23.0 Å². The van der Waals surface area contributed by atoms with E-state index >= 15 is 0 Å². The maximum absolute atomic E-state index is 12.5. The highest BCUT2D eigenvalue weighted by atomic mass is 32.1. The molecule has 2 aromatic rings. The molecule has 0 unspecified atom stereocenters. The summed E-state index contributed by atoms with van der Waals surface area (Å²) in [6.45, 7) is 6.06. The lowest BCUT2D eigenvalue weighted by Crippen LogP contribution is -2.35. The van der Waals surface area contributed by atoms with E-state index in [1.165, 1.54) is 0 Å². The molecule has 0 fully saturated rings. The number of hydrogen-bond donors (Lipinski definition) is 3. The molecule has 7 heteroatoms. The van der Waals surface area contributed by atoms with Crippen LogP contribution in [-0.2, 0) is 0 Å². The monoisotopic (exact) mass is 385 g/mol. The Balaban J connectivity index is 2.11. The van der Waals surface area contributed by atoms with Crippen LogP contribution in [0.5, 0.6) is 5.75 Å². The molecule has 0 heterocycles. The van der Waals surface area contributed by atoms with Crippen molar-refractivity contribution in [2.45, 2.75) is 26.8 Å². The first-order chi connectivity index (χ1) is 12.9. The van der Waals surface area contributed by atoms with Gasteiger partial charge in [-0.25, -0.2) is 0 Å². The van der Waals surface area contributed by atoms with Crippen molar-refractivity contribution in [2.24, 2.45) is 0 Å². The zero-order valence-electron chi connectivity index (χ0n) is 15.5. The molecule has 3 N–H and O–H groups in total. The van der Waals surface area contributed by atoms with E-state index in [1.54, 1.807) is 48.5 Å². The Bertz CT molecular complexity index is 837. The second-order valence-corrected chi connectivity index (χ2v) is 6.42. The number of thiocarbonyl (C=S) groups is 1. The minimum absolute atomic E-state index is 0.00674. The predicted octanol–water partition coefficient (Wildman–Crippen LogP) is 3.35. The van der Waals surface area contributed by atoms with Crippen molar-refractivity contribution in [1.29, 1.82) is 0 Å². The van der Waals surface area contributed by atoms with Gasteiger partial charge in [0.05, 0.1) is 23.4 Å². The highest BCUT2D eigenvalue weighted by Gasteiger charge is 2.16. The first-order valence-corrected chi connectivity index (χ1v) is 9.07. The lowest BCUT2D eigenvalue weighted by Gasteiger charge is -2.15. The predicted molar refractivity (Wildman–Crippen MR) is 110 cm³/mol. The number of carbonyl (C=O) groups is 2. The normalized spacial score (nSPS) is 10.2. The third-order valence-corrected chi connectivity index (χ3v) is 3.70. The van der Waals surface area contributed by atoms with Gasteiger partial charge in [-0.2, -0.15) is 0 Å². The molecule has 6 nitrogen and oxygen atoms in total. The standard InChI is InChI=1S/C20H23N3O3S/c1-4-26-17-12-8-6-10-15(17)19(25)23-20(27)22-16-11-7-5-9-14(16)18(24)21-13(2)3/h5-13H,4H2,1-3H3,(H,21,24)(H2,22,23,25,27). The quantitative estimate of drug-likeness (QED) is 0.665. The van der Waals surface area contributed by atoms with Crippen LogP contribution in [0.25, 0.3) is 0 Å². The van der Waals surface area contributed by atoms with Gasteiger partial charge >= 0.3 is 0 Å². The second kappa shape index (κ2) is 9.68. The number of carbonyl (C=O) groups excluding carboxylic acids is 2. The maximum Gasteiger partial charge on any atom is 0.261 e. The van der Waals surface area contributed by atoms with Crippen LogP contribution in [0.2, 0.25) is 0 Å². The fraction of sp³-hybridized carbons (Fsp3) is 0.250. The molecular formula is C20H23N3O3S. The fourth-order valence-electron chi connectivity index (χ4n) is 2.39. The Hall–Kier alpha value is -2.93. The van der Waals surface area contributed by atoms with Crippen LogP contribution in [-0.4, -0.2) is 29.6 Å². The number of anilines is 1. The molecule has 0 saturated carbocycles. The van der Waals surface area contributed by atoms with E-state index in [9.17, 15) is 9.59 Å². The third kappa shape index (κ3) is 5.79. The van der Waals surface area contributed by atoms with Gasteiger partial charge < -0.3 is 15.4 Å². The second-order valence-electron chi connectivity index (χ2n) is 6.01. The van der Waals surface area contributed by atoms with Crippen molar-refractivity contribution >= 4 is 34.8 Å². The first-order valence-electron chi connectivity index (χ1n) is 8.66. The smallest absolute Gasteiger partial charge is 0.261 e. The molecule has 2 amide bonds. The van der Waals surface area contributed by atoms with Crippen LogP contribution in [0, 0.1) is 0 Å². The van der Waals surface area contributed by atoms with Crippen LogP contribution in [0.15, 0.2) is 48.5 Å². The summed E-state index contributed by atoms with van der Waals surface area (Å²) >= 11 is 5.24. The number of amides is 2. The number of nitrogens with one attached hydrogen (secondary N) is 3. The first kappa shape index (κ1) is 20.4. The molecule has 2 rings (SSSR count). The van der Waals surface area contributed by atoms with Gasteiger partial charge in [-0.15, -0.1) is 0 Å². The Labute approximate surface area is 164 Å². The minimum atomic E-state index is -0.388. The van der Waals surface area contributed by atoms with Gasteiger partial charge in [-0.05, 0) is 57.3 Å². The Morgan fingerprint density at radius 1 is 1.00 bits per heavy atom. The summed E-state index contributed by atoms with van der Waals surface area (Å²) in [5.41, 5.74) is 1.34. The molecule has 27 heavy (non-hydrogen) atoms. The van der Waals surface area contributed by atoms with Gasteiger partial charge in [0.15, 0.2) is 5.11 Å². The highest BCUT2D eigenvalue weighted by Crippen LogP contribution is 2.18. The summed E-state index contributed by atoms with van der Waals surface area (Å²) in [4.78, 5) is 24.8. The van der Waals surface area contributed by atoms with Gasteiger partial charge in [0.2, 0.25) is 0 Å². The van der Waals surface area contributed by atoms with Crippen molar-refractivity contribution < 1.29 is 14.3 Å². The molecule has 142 valence electrons. The summed E-state index contributed by atoms with van der Waals surface area (Å²) in [5, 5.41) is 8.46. The molecule has 0 aliphatic carbocycles. The van der Waals surface area contributed by atoms with Crippen LogP contribution in [0.3, 0.4) is 0 Å². The van der Waals surface area contributed by atoms with Gasteiger partial charge in [0.1, 0.15) is 5.75 Å². The molecule has 0 saturated heterocycles. The van der Waals surface area contributed by atoms with Crippen molar-refractivity contribution in [3.05, 3.63) is 59.7 Å². The molecule has 0 aromatic heterocycles. The number of rotatable bonds is 6. The molecular weight excluding hydrogens is 362 g/mol. The molecule has 0 radical (unpaired) electrons. The summed E-state index contributed by atoms with van der Waals surface area (Å²) in [7, 11) is 0. The molecule has 0 aliphatic rings. The van der Waals surface area contributed by atoms with Crippen LogP contribution in [0.4, 0.5) is 5.69 Å². The SMILES string of the molecule is CCOc1ccccc1C(=O)NC(=S)Nc1ccccc1C(=O)NC(C)C. The van der Waals surface area contributed by atoms with E-state index in [1.807, 2.05) is 20.8 Å². The largest absolute Gasteiger partial charge is 0.493 e. The van der Waals surface area contributed by atoms with E-state index < -0.39 is 0 Å². The van der Waals surface area contributed by atoms with Gasteiger partial charge in [0.25, 0.3) is 11.8 Å². The van der Waals surface area contributed by atoms with Crippen LogP contribution in [0.1, 0.15) is 41.5 Å². The topological polar surface area (TPSA) is 79.5 Å². The zero-order chi connectivity index (χ0) is 19.8. The molecule has 0 bridgehead atoms. The van der Waals surface area contributed by atoms with Gasteiger partial charge in [-0.3, -0.25) is 14.9 Å². The van der Waals surface area contributed by atoms with E-state index in [0.29, 0.717) is 29.2 Å². The van der Waals surface area contributed by atoms with E-state index in [0.717, 1.165) is 0 Å².